The summed E-state index contributed by atoms with van der Waals surface area (Å²) >= 11 is 0. The largest absolute Gasteiger partial charge is 0.356 e. The van der Waals surface area contributed by atoms with E-state index in [1.165, 1.54) is 12.8 Å². The molecule has 1 heterocycles. The number of hydrogen-bond acceptors (Lipinski definition) is 4. The molecule has 1 N–H and O–H groups in total. The molecule has 26 heavy (non-hydrogen) atoms. The van der Waals surface area contributed by atoms with Crippen LogP contribution in [0.5, 0.6) is 0 Å². The average Bonchev–Trinajstić information content (AvgIpc) is 3.47. The first-order chi connectivity index (χ1) is 12.6. The fraction of sp³-hybridized carbons (Fsp3) is 0.571. The van der Waals surface area contributed by atoms with E-state index in [2.05, 4.69) is 43.1 Å². The van der Waals surface area contributed by atoms with Crippen molar-refractivity contribution in [3.05, 3.63) is 30.1 Å². The number of carbonyl (C=O) groups is 1. The Kier molecular flexibility index (Phi) is 6.07. The first-order valence-corrected chi connectivity index (χ1v) is 9.86. The molecule has 1 aliphatic rings. The van der Waals surface area contributed by atoms with Crippen molar-refractivity contribution in [1.29, 1.82) is 0 Å². The number of benzene rings is 1. The van der Waals surface area contributed by atoms with Crippen LogP contribution in [0.3, 0.4) is 0 Å². The summed E-state index contributed by atoms with van der Waals surface area (Å²) in [5.74, 6) is 3.04. The van der Waals surface area contributed by atoms with Crippen LogP contribution < -0.4 is 10.2 Å². The maximum absolute atomic E-state index is 12.2. The van der Waals surface area contributed by atoms with Crippen molar-refractivity contribution in [1.82, 2.24) is 15.3 Å². The predicted molar refractivity (Wildman–Crippen MR) is 106 cm³/mol. The second-order valence-corrected chi connectivity index (χ2v) is 7.63. The van der Waals surface area contributed by atoms with Gasteiger partial charge in [-0.15, -0.1) is 0 Å². The van der Waals surface area contributed by atoms with Crippen LogP contribution in [0, 0.1) is 5.92 Å². The molecule has 2 aromatic rings. The van der Waals surface area contributed by atoms with Crippen LogP contribution in [0.25, 0.3) is 10.9 Å². The molecule has 0 spiro atoms. The van der Waals surface area contributed by atoms with Crippen molar-refractivity contribution >= 4 is 22.6 Å². The highest BCUT2D eigenvalue weighted by Crippen LogP contribution is 2.39. The molecule has 1 fully saturated rings. The van der Waals surface area contributed by atoms with E-state index in [0.717, 1.165) is 42.1 Å². The number of rotatable bonds is 9. The van der Waals surface area contributed by atoms with E-state index in [4.69, 9.17) is 9.97 Å². The molecule has 0 saturated heterocycles. The number of aromatic nitrogens is 2. The molecular weight excluding hydrogens is 324 g/mol. The Labute approximate surface area is 156 Å². The van der Waals surface area contributed by atoms with Crippen molar-refractivity contribution in [2.75, 3.05) is 24.5 Å². The Balaban J connectivity index is 1.81. The van der Waals surface area contributed by atoms with Gasteiger partial charge < -0.3 is 10.2 Å². The van der Waals surface area contributed by atoms with E-state index in [1.54, 1.807) is 0 Å². The van der Waals surface area contributed by atoms with Crippen molar-refractivity contribution in [3.63, 3.8) is 0 Å². The Morgan fingerprint density at radius 1 is 1.23 bits per heavy atom. The van der Waals surface area contributed by atoms with Gasteiger partial charge in [-0.05, 0) is 37.3 Å². The summed E-state index contributed by atoms with van der Waals surface area (Å²) in [6.45, 7) is 8.68. The number of para-hydroxylation sites is 1. The fourth-order valence-electron chi connectivity index (χ4n) is 3.08. The standard InChI is InChI=1S/C21H30N4O/c1-4-12-25(13-11-19(26)22-14-15(2)3)21-17-7-5-6-8-18(17)23-20(24-21)16-9-10-16/h5-8,15-16H,4,9-14H2,1-3H3,(H,22,26). The van der Waals surface area contributed by atoms with Gasteiger partial charge in [0, 0.05) is 37.4 Å². The van der Waals surface area contributed by atoms with Crippen molar-refractivity contribution in [3.8, 4) is 0 Å². The lowest BCUT2D eigenvalue weighted by Crippen LogP contribution is -2.33. The molecule has 140 valence electrons. The van der Waals surface area contributed by atoms with Crippen LogP contribution in [-0.4, -0.2) is 35.5 Å². The number of carbonyl (C=O) groups excluding carboxylic acids is 1. The Morgan fingerprint density at radius 3 is 2.69 bits per heavy atom. The van der Waals surface area contributed by atoms with E-state index >= 15 is 0 Å². The highest BCUT2D eigenvalue weighted by molar-refractivity contribution is 5.89. The molecule has 1 saturated carbocycles. The van der Waals surface area contributed by atoms with E-state index in [9.17, 15) is 4.79 Å². The van der Waals surface area contributed by atoms with Crippen molar-refractivity contribution in [2.24, 2.45) is 5.92 Å². The van der Waals surface area contributed by atoms with Crippen LogP contribution >= 0.6 is 0 Å². The van der Waals surface area contributed by atoms with Gasteiger partial charge in [0.2, 0.25) is 5.91 Å². The molecule has 0 unspecified atom stereocenters. The molecular formula is C21H30N4O. The topological polar surface area (TPSA) is 58.1 Å². The minimum absolute atomic E-state index is 0.112. The lowest BCUT2D eigenvalue weighted by atomic mass is 10.2. The van der Waals surface area contributed by atoms with Crippen LogP contribution in [0.15, 0.2) is 24.3 Å². The molecule has 5 heteroatoms. The molecule has 0 aliphatic heterocycles. The maximum atomic E-state index is 12.2. The Hall–Kier alpha value is -2.17. The lowest BCUT2D eigenvalue weighted by molar-refractivity contribution is -0.121. The second-order valence-electron chi connectivity index (χ2n) is 7.63. The number of nitrogens with one attached hydrogen (secondary N) is 1. The van der Waals surface area contributed by atoms with Gasteiger partial charge in [-0.1, -0.05) is 32.9 Å². The Morgan fingerprint density at radius 2 is 2.00 bits per heavy atom. The number of hydrogen-bond donors (Lipinski definition) is 1. The molecule has 0 bridgehead atoms. The third-order valence-corrected chi connectivity index (χ3v) is 4.65. The molecule has 5 nitrogen and oxygen atoms in total. The summed E-state index contributed by atoms with van der Waals surface area (Å²) in [5.41, 5.74) is 1.00. The molecule has 1 aliphatic carbocycles. The zero-order valence-corrected chi connectivity index (χ0v) is 16.2. The van der Waals surface area contributed by atoms with Crippen LogP contribution in [0.2, 0.25) is 0 Å². The summed E-state index contributed by atoms with van der Waals surface area (Å²) in [7, 11) is 0. The number of nitrogens with zero attached hydrogens (tertiary/aromatic N) is 3. The zero-order chi connectivity index (χ0) is 18.5. The molecule has 1 aromatic heterocycles. The highest BCUT2D eigenvalue weighted by atomic mass is 16.1. The first-order valence-electron chi connectivity index (χ1n) is 9.86. The first kappa shape index (κ1) is 18.6. The zero-order valence-electron chi connectivity index (χ0n) is 16.2. The van der Waals surface area contributed by atoms with E-state index in [0.29, 0.717) is 24.8 Å². The summed E-state index contributed by atoms with van der Waals surface area (Å²) < 4.78 is 0. The van der Waals surface area contributed by atoms with Crippen LogP contribution in [0.1, 0.15) is 58.2 Å². The van der Waals surface area contributed by atoms with E-state index in [-0.39, 0.29) is 5.91 Å². The van der Waals surface area contributed by atoms with E-state index in [1.807, 2.05) is 12.1 Å². The van der Waals surface area contributed by atoms with E-state index < -0.39 is 0 Å². The normalized spacial score (nSPS) is 14.0. The van der Waals surface area contributed by atoms with Crippen LogP contribution in [-0.2, 0) is 4.79 Å². The van der Waals surface area contributed by atoms with Gasteiger partial charge in [-0.3, -0.25) is 4.79 Å². The fourth-order valence-corrected chi connectivity index (χ4v) is 3.08. The van der Waals surface area contributed by atoms with Crippen LogP contribution in [0.4, 0.5) is 5.82 Å². The molecule has 3 rings (SSSR count). The lowest BCUT2D eigenvalue weighted by Gasteiger charge is -2.25. The van der Waals surface area contributed by atoms with Gasteiger partial charge >= 0.3 is 0 Å². The van der Waals surface area contributed by atoms with Gasteiger partial charge in [-0.25, -0.2) is 9.97 Å². The number of fused-ring (bicyclic) bond motifs is 1. The minimum Gasteiger partial charge on any atom is -0.356 e. The third-order valence-electron chi connectivity index (χ3n) is 4.65. The summed E-state index contributed by atoms with van der Waals surface area (Å²) in [5, 5.41) is 4.09. The minimum atomic E-state index is 0.112. The van der Waals surface area contributed by atoms with Crippen molar-refractivity contribution < 1.29 is 4.79 Å². The maximum Gasteiger partial charge on any atom is 0.221 e. The molecule has 0 radical (unpaired) electrons. The number of anilines is 1. The van der Waals surface area contributed by atoms with Gasteiger partial charge in [0.05, 0.1) is 5.52 Å². The molecule has 1 amide bonds. The van der Waals surface area contributed by atoms with Gasteiger partial charge in [0.15, 0.2) is 0 Å². The molecule has 0 atom stereocenters. The summed E-state index contributed by atoms with van der Waals surface area (Å²) in [4.78, 5) is 24.1. The van der Waals surface area contributed by atoms with Gasteiger partial charge in [0.25, 0.3) is 0 Å². The SMILES string of the molecule is CCCN(CCC(=O)NCC(C)C)c1nc(C2CC2)nc2ccccc12. The Bertz CT molecular complexity index is 755. The third kappa shape index (κ3) is 4.71. The highest BCUT2D eigenvalue weighted by Gasteiger charge is 2.28. The number of amides is 1. The van der Waals surface area contributed by atoms with Gasteiger partial charge in [-0.2, -0.15) is 0 Å². The summed E-state index contributed by atoms with van der Waals surface area (Å²) in [6, 6.07) is 8.21. The predicted octanol–water partition coefficient (Wildman–Crippen LogP) is 3.89. The average molecular weight is 354 g/mol. The van der Waals surface area contributed by atoms with Crippen molar-refractivity contribution in [2.45, 2.75) is 52.4 Å². The smallest absolute Gasteiger partial charge is 0.221 e. The summed E-state index contributed by atoms with van der Waals surface area (Å²) in [6.07, 6.45) is 3.88. The van der Waals surface area contributed by atoms with Gasteiger partial charge in [0.1, 0.15) is 11.6 Å². The quantitative estimate of drug-likeness (QED) is 0.742. The molecule has 1 aromatic carbocycles. The monoisotopic (exact) mass is 354 g/mol. The second kappa shape index (κ2) is 8.47.